The van der Waals surface area contributed by atoms with Gasteiger partial charge in [0.2, 0.25) is 5.82 Å². The number of nitrogens with two attached hydrogens (primary N) is 1. The van der Waals surface area contributed by atoms with Gasteiger partial charge in [-0.1, -0.05) is 19.3 Å². The quantitative estimate of drug-likeness (QED) is 0.190. The van der Waals surface area contributed by atoms with E-state index in [1.54, 1.807) is 28.9 Å². The monoisotopic (exact) mass is 558 g/mol. The molecular weight excluding hydrogens is 526 g/mol. The van der Waals surface area contributed by atoms with E-state index in [1.165, 1.54) is 25.4 Å². The number of rotatable bonds is 12. The summed E-state index contributed by atoms with van der Waals surface area (Å²) in [4.78, 5) is 21.4. The van der Waals surface area contributed by atoms with Crippen LogP contribution in [0.5, 0.6) is 5.75 Å². The van der Waals surface area contributed by atoms with Gasteiger partial charge in [0.25, 0.3) is 5.91 Å². The van der Waals surface area contributed by atoms with Gasteiger partial charge >= 0.3 is 0 Å². The molecule has 11 heteroatoms. The number of unbranched alkanes of at least 4 members (excludes halogenated alkanes) is 4. The van der Waals surface area contributed by atoms with E-state index in [0.29, 0.717) is 35.0 Å². The summed E-state index contributed by atoms with van der Waals surface area (Å²) in [5.41, 5.74) is 8.49. The number of amides is 1. The van der Waals surface area contributed by atoms with Gasteiger partial charge in [-0.05, 0) is 62.2 Å². The fraction of sp³-hybridized carbons (Fsp3) is 0.321. The zero-order valence-corrected chi connectivity index (χ0v) is 22.8. The van der Waals surface area contributed by atoms with Gasteiger partial charge in [0.15, 0.2) is 23.0 Å². The highest BCUT2D eigenvalue weighted by molar-refractivity contribution is 5.96. The van der Waals surface area contributed by atoms with Gasteiger partial charge in [0.1, 0.15) is 0 Å². The summed E-state index contributed by atoms with van der Waals surface area (Å²) < 4.78 is 35.5. The maximum Gasteiger partial charge on any atom is 0.251 e. The smallest absolute Gasteiger partial charge is 0.251 e. The Balaban J connectivity index is 0.00000420. The minimum Gasteiger partial charge on any atom is -0.494 e. The van der Waals surface area contributed by atoms with E-state index in [9.17, 15) is 13.6 Å². The fourth-order valence-corrected chi connectivity index (χ4v) is 4.32. The Bertz CT molecular complexity index is 1430. The average molecular weight is 559 g/mol. The predicted octanol–water partition coefficient (Wildman–Crippen LogP) is 5.80. The molecule has 2 heterocycles. The second-order valence-electron chi connectivity index (χ2n) is 9.02. The zero-order chi connectivity index (χ0) is 27.1. The van der Waals surface area contributed by atoms with Crippen LogP contribution in [0.1, 0.15) is 48.0 Å². The molecule has 0 atom stereocenters. The van der Waals surface area contributed by atoms with E-state index in [0.717, 1.165) is 44.2 Å². The van der Waals surface area contributed by atoms with Crippen molar-refractivity contribution in [1.82, 2.24) is 19.7 Å². The highest BCUT2D eigenvalue weighted by Gasteiger charge is 2.19. The molecule has 1 amide bonds. The van der Waals surface area contributed by atoms with Crippen LogP contribution in [0.3, 0.4) is 0 Å². The number of methoxy groups -OCH3 is 1. The summed E-state index contributed by atoms with van der Waals surface area (Å²) >= 11 is 0. The Morgan fingerprint density at radius 1 is 1.05 bits per heavy atom. The number of aryl methyl sites for hydroxylation is 1. The SMILES string of the molecule is COc1ccc(-c2cnc3c(Nc4ccc(C(=O)NCCCCCCCN)c(C)c4)nccn23)c(F)c1F.Cl. The van der Waals surface area contributed by atoms with Crippen LogP contribution in [0.2, 0.25) is 0 Å². The van der Waals surface area contributed by atoms with Crippen molar-refractivity contribution in [2.45, 2.75) is 39.0 Å². The van der Waals surface area contributed by atoms with Gasteiger partial charge in [0, 0.05) is 35.8 Å². The third kappa shape index (κ3) is 6.82. The van der Waals surface area contributed by atoms with Crippen molar-refractivity contribution in [2.75, 3.05) is 25.5 Å². The molecular formula is C28H33ClF2N6O2. The number of ether oxygens (including phenoxy) is 1. The first-order valence-electron chi connectivity index (χ1n) is 12.6. The van der Waals surface area contributed by atoms with Crippen LogP contribution in [-0.4, -0.2) is 40.5 Å². The molecule has 208 valence electrons. The second kappa shape index (κ2) is 13.9. The van der Waals surface area contributed by atoms with E-state index in [4.69, 9.17) is 10.5 Å². The highest BCUT2D eigenvalue weighted by Crippen LogP contribution is 2.31. The number of carbonyl (C=O) groups excluding carboxylic acids is 1. The Morgan fingerprint density at radius 3 is 2.56 bits per heavy atom. The van der Waals surface area contributed by atoms with Crippen LogP contribution >= 0.6 is 12.4 Å². The molecule has 8 nitrogen and oxygen atoms in total. The maximum absolute atomic E-state index is 14.7. The van der Waals surface area contributed by atoms with Crippen LogP contribution < -0.4 is 21.1 Å². The Morgan fingerprint density at radius 2 is 1.82 bits per heavy atom. The van der Waals surface area contributed by atoms with E-state index in [2.05, 4.69) is 20.6 Å². The summed E-state index contributed by atoms with van der Waals surface area (Å²) in [6, 6.07) is 8.24. The number of aromatic nitrogens is 3. The van der Waals surface area contributed by atoms with Crippen LogP contribution in [0.4, 0.5) is 20.3 Å². The van der Waals surface area contributed by atoms with Crippen molar-refractivity contribution in [1.29, 1.82) is 0 Å². The number of fused-ring (bicyclic) bond motifs is 1. The molecule has 0 aliphatic heterocycles. The van der Waals surface area contributed by atoms with Gasteiger partial charge in [-0.15, -0.1) is 12.4 Å². The van der Waals surface area contributed by atoms with Crippen LogP contribution in [0.15, 0.2) is 48.9 Å². The summed E-state index contributed by atoms with van der Waals surface area (Å²) in [7, 11) is 1.28. The highest BCUT2D eigenvalue weighted by atomic mass is 35.5. The molecule has 0 radical (unpaired) electrons. The molecule has 0 spiro atoms. The first-order chi connectivity index (χ1) is 18.4. The molecule has 0 saturated heterocycles. The van der Waals surface area contributed by atoms with Gasteiger partial charge < -0.3 is 21.1 Å². The average Bonchev–Trinajstić information content (AvgIpc) is 3.34. The Hall–Kier alpha value is -3.76. The lowest BCUT2D eigenvalue weighted by molar-refractivity contribution is 0.0952. The second-order valence-corrected chi connectivity index (χ2v) is 9.02. The molecule has 2 aromatic heterocycles. The lowest BCUT2D eigenvalue weighted by Crippen LogP contribution is -2.25. The molecule has 0 unspecified atom stereocenters. The predicted molar refractivity (Wildman–Crippen MR) is 151 cm³/mol. The molecule has 0 saturated carbocycles. The standard InChI is InChI=1S/C28H32F2N6O2.ClH/c1-18-16-19(8-9-20(18)28(37)33-13-7-5-3-4-6-12-31)35-26-27-34-17-22(36(27)15-14-32-26)21-10-11-23(38-2)25(30)24(21)29;/h8-11,14-17H,3-7,12-13,31H2,1-2H3,(H,32,35)(H,33,37);1H. The van der Waals surface area contributed by atoms with Gasteiger partial charge in [-0.2, -0.15) is 4.39 Å². The van der Waals surface area contributed by atoms with E-state index < -0.39 is 11.6 Å². The maximum atomic E-state index is 14.7. The molecule has 4 rings (SSSR count). The van der Waals surface area contributed by atoms with Crippen molar-refractivity contribution in [2.24, 2.45) is 5.73 Å². The Kier molecular flexibility index (Phi) is 10.6. The summed E-state index contributed by atoms with van der Waals surface area (Å²) in [6.07, 6.45) is 9.92. The third-order valence-electron chi connectivity index (χ3n) is 6.37. The van der Waals surface area contributed by atoms with Gasteiger partial charge in [0.05, 0.1) is 19.0 Å². The van der Waals surface area contributed by atoms with Crippen LogP contribution in [0.25, 0.3) is 16.9 Å². The number of hydrogen-bond acceptors (Lipinski definition) is 6. The van der Waals surface area contributed by atoms with Crippen molar-refractivity contribution in [3.63, 3.8) is 0 Å². The number of carbonyl (C=O) groups is 1. The molecule has 4 N–H and O–H groups in total. The van der Waals surface area contributed by atoms with E-state index >= 15 is 0 Å². The molecule has 0 bridgehead atoms. The van der Waals surface area contributed by atoms with E-state index in [1.807, 2.05) is 13.0 Å². The first-order valence-corrected chi connectivity index (χ1v) is 12.6. The minimum atomic E-state index is -1.06. The summed E-state index contributed by atoms with van der Waals surface area (Å²) in [6.45, 7) is 3.23. The molecule has 0 aliphatic rings. The molecule has 4 aromatic rings. The number of benzene rings is 2. The molecule has 0 aliphatic carbocycles. The van der Waals surface area contributed by atoms with Crippen LogP contribution in [-0.2, 0) is 0 Å². The fourth-order valence-electron chi connectivity index (χ4n) is 4.32. The van der Waals surface area contributed by atoms with Crippen molar-refractivity contribution < 1.29 is 18.3 Å². The van der Waals surface area contributed by atoms with Crippen LogP contribution in [0, 0.1) is 18.6 Å². The lowest BCUT2D eigenvalue weighted by atomic mass is 10.1. The third-order valence-corrected chi connectivity index (χ3v) is 6.37. The first kappa shape index (κ1) is 29.8. The van der Waals surface area contributed by atoms with E-state index in [-0.39, 0.29) is 29.6 Å². The van der Waals surface area contributed by atoms with Crippen molar-refractivity contribution >= 4 is 35.5 Å². The topological polar surface area (TPSA) is 107 Å². The molecule has 2 aromatic carbocycles. The van der Waals surface area contributed by atoms with Gasteiger partial charge in [-0.3, -0.25) is 9.20 Å². The number of nitrogens with zero attached hydrogens (tertiary/aromatic N) is 3. The largest absolute Gasteiger partial charge is 0.494 e. The summed E-state index contributed by atoms with van der Waals surface area (Å²) in [5.74, 6) is -1.93. The van der Waals surface area contributed by atoms with Gasteiger partial charge in [-0.25, -0.2) is 14.4 Å². The Labute approximate surface area is 232 Å². The number of imidazole rings is 1. The number of nitrogens with one attached hydrogen (secondary N) is 2. The lowest BCUT2D eigenvalue weighted by Gasteiger charge is -2.12. The number of hydrogen-bond donors (Lipinski definition) is 3. The minimum absolute atomic E-state index is 0. The van der Waals surface area contributed by atoms with Crippen molar-refractivity contribution in [3.8, 4) is 17.0 Å². The number of anilines is 2. The number of halogens is 3. The molecule has 0 fully saturated rings. The molecule has 39 heavy (non-hydrogen) atoms. The van der Waals surface area contributed by atoms with Crippen molar-refractivity contribution in [3.05, 3.63) is 71.7 Å². The summed E-state index contributed by atoms with van der Waals surface area (Å²) in [5, 5.41) is 6.20. The zero-order valence-electron chi connectivity index (χ0n) is 22.0. The normalized spacial score (nSPS) is 10.8.